The summed E-state index contributed by atoms with van der Waals surface area (Å²) in [7, 11) is 1.92. The van der Waals surface area contributed by atoms with Crippen molar-refractivity contribution in [2.24, 2.45) is 7.05 Å². The SMILES string of the molecule is CCCNC(C)c1ccc(SCc2ncnn2C)cc1. The van der Waals surface area contributed by atoms with E-state index in [9.17, 15) is 0 Å². The maximum Gasteiger partial charge on any atom is 0.138 e. The van der Waals surface area contributed by atoms with Gasteiger partial charge in [-0.3, -0.25) is 4.68 Å². The fourth-order valence-electron chi connectivity index (χ4n) is 1.93. The van der Waals surface area contributed by atoms with Crippen molar-refractivity contribution in [2.45, 2.75) is 37.0 Å². The van der Waals surface area contributed by atoms with Gasteiger partial charge in [-0.05, 0) is 37.6 Å². The number of nitrogens with zero attached hydrogens (tertiary/aromatic N) is 3. The predicted molar refractivity (Wildman–Crippen MR) is 83.7 cm³/mol. The van der Waals surface area contributed by atoms with Gasteiger partial charge in [-0.2, -0.15) is 5.10 Å². The monoisotopic (exact) mass is 290 g/mol. The van der Waals surface area contributed by atoms with E-state index in [2.05, 4.69) is 53.5 Å². The van der Waals surface area contributed by atoms with Crippen LogP contribution in [0.4, 0.5) is 0 Å². The molecule has 1 atom stereocenters. The van der Waals surface area contributed by atoms with Gasteiger partial charge in [-0.1, -0.05) is 19.1 Å². The fraction of sp³-hybridized carbons (Fsp3) is 0.467. The van der Waals surface area contributed by atoms with Crippen LogP contribution < -0.4 is 5.32 Å². The van der Waals surface area contributed by atoms with Crippen LogP contribution in [-0.2, 0) is 12.8 Å². The number of rotatable bonds is 7. The van der Waals surface area contributed by atoms with Gasteiger partial charge >= 0.3 is 0 Å². The van der Waals surface area contributed by atoms with Gasteiger partial charge in [0.15, 0.2) is 0 Å². The number of hydrogen-bond acceptors (Lipinski definition) is 4. The zero-order valence-corrected chi connectivity index (χ0v) is 13.2. The van der Waals surface area contributed by atoms with Crippen LogP contribution in [0.5, 0.6) is 0 Å². The van der Waals surface area contributed by atoms with Gasteiger partial charge in [-0.15, -0.1) is 11.8 Å². The molecule has 0 radical (unpaired) electrons. The molecule has 20 heavy (non-hydrogen) atoms. The lowest BCUT2D eigenvalue weighted by atomic mass is 10.1. The van der Waals surface area contributed by atoms with Crippen molar-refractivity contribution < 1.29 is 0 Å². The third kappa shape index (κ3) is 4.08. The number of aryl methyl sites for hydroxylation is 1. The number of nitrogens with one attached hydrogen (secondary N) is 1. The molecule has 108 valence electrons. The minimum atomic E-state index is 0.410. The molecule has 1 N–H and O–H groups in total. The molecule has 0 aliphatic rings. The van der Waals surface area contributed by atoms with Crippen LogP contribution in [0.2, 0.25) is 0 Å². The van der Waals surface area contributed by atoms with Crippen LogP contribution in [0.15, 0.2) is 35.5 Å². The quantitative estimate of drug-likeness (QED) is 0.795. The van der Waals surface area contributed by atoms with Gasteiger partial charge in [0.05, 0.1) is 5.75 Å². The highest BCUT2D eigenvalue weighted by molar-refractivity contribution is 7.98. The van der Waals surface area contributed by atoms with Gasteiger partial charge in [0.1, 0.15) is 12.2 Å². The van der Waals surface area contributed by atoms with Crippen molar-refractivity contribution in [1.82, 2.24) is 20.1 Å². The Morgan fingerprint density at radius 1 is 1.30 bits per heavy atom. The minimum absolute atomic E-state index is 0.410. The molecule has 5 heteroatoms. The zero-order chi connectivity index (χ0) is 14.4. The van der Waals surface area contributed by atoms with Crippen molar-refractivity contribution in [3.05, 3.63) is 42.0 Å². The molecule has 2 rings (SSSR count). The molecule has 2 aromatic rings. The Balaban J connectivity index is 1.89. The third-order valence-electron chi connectivity index (χ3n) is 3.25. The van der Waals surface area contributed by atoms with Gasteiger partial charge in [0, 0.05) is 18.0 Å². The molecule has 1 aromatic heterocycles. The summed E-state index contributed by atoms with van der Waals surface area (Å²) in [4.78, 5) is 5.49. The molecule has 1 unspecified atom stereocenters. The lowest BCUT2D eigenvalue weighted by Gasteiger charge is -2.13. The number of benzene rings is 1. The normalized spacial score (nSPS) is 12.6. The lowest BCUT2D eigenvalue weighted by Crippen LogP contribution is -2.19. The van der Waals surface area contributed by atoms with Gasteiger partial charge in [0.2, 0.25) is 0 Å². The second-order valence-electron chi connectivity index (χ2n) is 4.83. The fourth-order valence-corrected chi connectivity index (χ4v) is 2.82. The van der Waals surface area contributed by atoms with Crippen LogP contribution in [-0.4, -0.2) is 21.3 Å². The molecule has 1 aromatic carbocycles. The van der Waals surface area contributed by atoms with E-state index in [0.717, 1.165) is 24.5 Å². The second-order valence-corrected chi connectivity index (χ2v) is 5.88. The third-order valence-corrected chi connectivity index (χ3v) is 4.26. The first-order chi connectivity index (χ1) is 9.70. The van der Waals surface area contributed by atoms with Crippen molar-refractivity contribution >= 4 is 11.8 Å². The average molecular weight is 290 g/mol. The molecule has 0 spiro atoms. The standard InChI is InChI=1S/C15H22N4S/c1-4-9-16-12(2)13-5-7-14(8-6-13)20-10-15-17-11-18-19(15)3/h5-8,11-12,16H,4,9-10H2,1-3H3. The van der Waals surface area contributed by atoms with Crippen molar-refractivity contribution in [1.29, 1.82) is 0 Å². The summed E-state index contributed by atoms with van der Waals surface area (Å²) in [6.07, 6.45) is 2.76. The predicted octanol–water partition coefficient (Wildman–Crippen LogP) is 3.17. The zero-order valence-electron chi connectivity index (χ0n) is 12.3. The first-order valence-electron chi connectivity index (χ1n) is 6.99. The molecule has 0 saturated carbocycles. The van der Waals surface area contributed by atoms with E-state index in [1.54, 1.807) is 18.1 Å². The van der Waals surface area contributed by atoms with Gasteiger partial charge in [0.25, 0.3) is 0 Å². The molecular formula is C15H22N4S. The van der Waals surface area contributed by atoms with Crippen molar-refractivity contribution in [2.75, 3.05) is 6.54 Å². The van der Waals surface area contributed by atoms with Gasteiger partial charge in [-0.25, -0.2) is 4.98 Å². The Kier molecular flexibility index (Phi) is 5.61. The van der Waals surface area contributed by atoms with Crippen LogP contribution in [0.25, 0.3) is 0 Å². The second kappa shape index (κ2) is 7.45. The first kappa shape index (κ1) is 15.1. The summed E-state index contributed by atoms with van der Waals surface area (Å²) >= 11 is 1.79. The van der Waals surface area contributed by atoms with E-state index < -0.39 is 0 Å². The summed E-state index contributed by atoms with van der Waals surface area (Å²) in [5.74, 6) is 1.84. The average Bonchev–Trinajstić information content (AvgIpc) is 2.88. The van der Waals surface area contributed by atoms with Crippen LogP contribution in [0.3, 0.4) is 0 Å². The Hall–Kier alpha value is -1.33. The smallest absolute Gasteiger partial charge is 0.138 e. The largest absolute Gasteiger partial charge is 0.310 e. The highest BCUT2D eigenvalue weighted by atomic mass is 32.2. The van der Waals surface area contributed by atoms with Gasteiger partial charge < -0.3 is 5.32 Å². The summed E-state index contributed by atoms with van der Waals surface area (Å²) in [5, 5.41) is 7.58. The van der Waals surface area contributed by atoms with E-state index in [0.29, 0.717) is 6.04 Å². The van der Waals surface area contributed by atoms with E-state index in [4.69, 9.17) is 0 Å². The minimum Gasteiger partial charge on any atom is -0.310 e. The number of thioether (sulfide) groups is 1. The van der Waals surface area contributed by atoms with Crippen molar-refractivity contribution in [3.8, 4) is 0 Å². The molecule has 0 aliphatic heterocycles. The molecule has 0 aliphatic carbocycles. The highest BCUT2D eigenvalue weighted by Crippen LogP contribution is 2.23. The lowest BCUT2D eigenvalue weighted by molar-refractivity contribution is 0.570. The maximum absolute atomic E-state index is 4.23. The number of hydrogen-bond donors (Lipinski definition) is 1. The molecule has 0 bridgehead atoms. The first-order valence-corrected chi connectivity index (χ1v) is 7.98. The van der Waals surface area contributed by atoms with E-state index in [-0.39, 0.29) is 0 Å². The maximum atomic E-state index is 4.23. The summed E-state index contributed by atoms with van der Waals surface area (Å²) in [6, 6.07) is 9.17. The molecule has 0 amide bonds. The molecule has 1 heterocycles. The summed E-state index contributed by atoms with van der Waals surface area (Å²) < 4.78 is 1.82. The van der Waals surface area contributed by atoms with E-state index in [1.165, 1.54) is 10.5 Å². The number of aromatic nitrogens is 3. The molecule has 4 nitrogen and oxygen atoms in total. The Bertz CT molecular complexity index is 521. The Morgan fingerprint density at radius 2 is 2.05 bits per heavy atom. The van der Waals surface area contributed by atoms with Crippen molar-refractivity contribution in [3.63, 3.8) is 0 Å². The van der Waals surface area contributed by atoms with Crippen LogP contribution in [0, 0.1) is 0 Å². The van der Waals surface area contributed by atoms with Crippen LogP contribution in [0.1, 0.15) is 37.7 Å². The molecule has 0 fully saturated rings. The molecule has 0 saturated heterocycles. The van der Waals surface area contributed by atoms with E-state index in [1.807, 2.05) is 11.7 Å². The summed E-state index contributed by atoms with van der Waals surface area (Å²) in [5.41, 5.74) is 1.33. The topological polar surface area (TPSA) is 42.7 Å². The Morgan fingerprint density at radius 3 is 2.65 bits per heavy atom. The highest BCUT2D eigenvalue weighted by Gasteiger charge is 2.05. The van der Waals surface area contributed by atoms with Crippen LogP contribution >= 0.6 is 11.8 Å². The summed E-state index contributed by atoms with van der Waals surface area (Å²) in [6.45, 7) is 5.45. The van der Waals surface area contributed by atoms with E-state index >= 15 is 0 Å². The molecular weight excluding hydrogens is 268 g/mol. The Labute approximate surface area is 125 Å².